The third-order valence-electron chi connectivity index (χ3n) is 3.39. The smallest absolute Gasteiger partial charge is 0.0623 e. The van der Waals surface area contributed by atoms with Gasteiger partial charge in [-0.25, -0.2) is 0 Å². The van der Waals surface area contributed by atoms with E-state index >= 15 is 0 Å². The molecule has 0 aromatic carbocycles. The van der Waals surface area contributed by atoms with Crippen LogP contribution in [0, 0.1) is 11.8 Å². The van der Waals surface area contributed by atoms with E-state index in [1.54, 1.807) is 0 Å². The predicted molar refractivity (Wildman–Crippen MR) is 60.2 cm³/mol. The molecule has 0 spiro atoms. The SMILES string of the molecule is CCC1CCC(C(N)COC(C)C)C1. The molecule has 0 bridgehead atoms. The van der Waals surface area contributed by atoms with Gasteiger partial charge >= 0.3 is 0 Å². The number of nitrogens with two attached hydrogens (primary N) is 1. The predicted octanol–water partition coefficient (Wildman–Crippen LogP) is 2.57. The van der Waals surface area contributed by atoms with Gasteiger partial charge in [-0.15, -0.1) is 0 Å². The molecule has 2 N–H and O–H groups in total. The number of hydrogen-bond donors (Lipinski definition) is 1. The summed E-state index contributed by atoms with van der Waals surface area (Å²) in [7, 11) is 0. The van der Waals surface area contributed by atoms with E-state index in [1.807, 2.05) is 0 Å². The first kappa shape index (κ1) is 12.0. The Morgan fingerprint density at radius 2 is 2.07 bits per heavy atom. The Hall–Kier alpha value is -0.0800. The van der Waals surface area contributed by atoms with Gasteiger partial charge in [0.1, 0.15) is 0 Å². The third kappa shape index (κ3) is 3.58. The molecule has 0 amide bonds. The van der Waals surface area contributed by atoms with Crippen molar-refractivity contribution in [1.29, 1.82) is 0 Å². The number of ether oxygens (including phenoxy) is 1. The van der Waals surface area contributed by atoms with Gasteiger partial charge in [0, 0.05) is 6.04 Å². The summed E-state index contributed by atoms with van der Waals surface area (Å²) in [5.41, 5.74) is 6.12. The van der Waals surface area contributed by atoms with Crippen molar-refractivity contribution in [2.45, 2.75) is 58.6 Å². The zero-order chi connectivity index (χ0) is 10.6. The molecular weight excluding hydrogens is 174 g/mol. The van der Waals surface area contributed by atoms with Crippen LogP contribution in [0.1, 0.15) is 46.5 Å². The second-order valence-corrected chi connectivity index (χ2v) is 4.89. The van der Waals surface area contributed by atoms with Crippen LogP contribution < -0.4 is 5.73 Å². The average Bonchev–Trinajstić information content (AvgIpc) is 2.62. The minimum atomic E-state index is 0.258. The Kier molecular flexibility index (Phi) is 4.90. The lowest BCUT2D eigenvalue weighted by atomic mass is 9.97. The molecule has 0 heterocycles. The molecule has 0 aliphatic heterocycles. The van der Waals surface area contributed by atoms with Gasteiger partial charge < -0.3 is 10.5 Å². The first-order valence-corrected chi connectivity index (χ1v) is 6.00. The fraction of sp³-hybridized carbons (Fsp3) is 1.00. The fourth-order valence-corrected chi connectivity index (χ4v) is 2.31. The maximum absolute atomic E-state index is 6.12. The van der Waals surface area contributed by atoms with Crippen molar-refractivity contribution in [3.8, 4) is 0 Å². The van der Waals surface area contributed by atoms with Crippen LogP contribution in [0.3, 0.4) is 0 Å². The maximum atomic E-state index is 6.12. The van der Waals surface area contributed by atoms with Crippen molar-refractivity contribution in [2.24, 2.45) is 17.6 Å². The van der Waals surface area contributed by atoms with Gasteiger partial charge in [0.2, 0.25) is 0 Å². The lowest BCUT2D eigenvalue weighted by Gasteiger charge is -2.20. The van der Waals surface area contributed by atoms with Gasteiger partial charge in [-0.1, -0.05) is 19.8 Å². The second-order valence-electron chi connectivity index (χ2n) is 4.89. The minimum absolute atomic E-state index is 0.258. The quantitative estimate of drug-likeness (QED) is 0.738. The van der Waals surface area contributed by atoms with E-state index in [4.69, 9.17) is 10.5 Å². The summed E-state index contributed by atoms with van der Waals surface area (Å²) in [5.74, 6) is 1.63. The molecular formula is C12H25NO. The molecule has 2 heteroatoms. The fourth-order valence-electron chi connectivity index (χ4n) is 2.31. The van der Waals surface area contributed by atoms with Crippen molar-refractivity contribution >= 4 is 0 Å². The van der Waals surface area contributed by atoms with Crippen molar-refractivity contribution in [3.63, 3.8) is 0 Å². The monoisotopic (exact) mass is 199 g/mol. The third-order valence-corrected chi connectivity index (χ3v) is 3.39. The van der Waals surface area contributed by atoms with Crippen LogP contribution in [0.4, 0.5) is 0 Å². The molecule has 3 atom stereocenters. The highest BCUT2D eigenvalue weighted by Gasteiger charge is 2.27. The summed E-state index contributed by atoms with van der Waals surface area (Å²) in [4.78, 5) is 0. The summed E-state index contributed by atoms with van der Waals surface area (Å²) in [5, 5.41) is 0. The Labute approximate surface area is 88.2 Å². The molecule has 0 saturated heterocycles. The Balaban J connectivity index is 2.21. The van der Waals surface area contributed by atoms with Crippen LogP contribution in [0.2, 0.25) is 0 Å². The van der Waals surface area contributed by atoms with Crippen LogP contribution in [0.25, 0.3) is 0 Å². The van der Waals surface area contributed by atoms with Gasteiger partial charge in [0.15, 0.2) is 0 Å². The van der Waals surface area contributed by atoms with Crippen LogP contribution in [-0.4, -0.2) is 18.8 Å². The van der Waals surface area contributed by atoms with Crippen molar-refractivity contribution in [2.75, 3.05) is 6.61 Å². The molecule has 0 radical (unpaired) electrons. The van der Waals surface area contributed by atoms with Crippen molar-refractivity contribution < 1.29 is 4.74 Å². The lowest BCUT2D eigenvalue weighted by Crippen LogP contribution is -2.34. The van der Waals surface area contributed by atoms with E-state index in [-0.39, 0.29) is 6.04 Å². The van der Waals surface area contributed by atoms with Crippen LogP contribution >= 0.6 is 0 Å². The molecule has 3 unspecified atom stereocenters. The minimum Gasteiger partial charge on any atom is -0.377 e. The molecule has 1 aliphatic rings. The molecule has 1 rings (SSSR count). The summed E-state index contributed by atoms with van der Waals surface area (Å²) in [6.45, 7) is 7.15. The van der Waals surface area contributed by atoms with Gasteiger partial charge in [0.25, 0.3) is 0 Å². The average molecular weight is 199 g/mol. The standard InChI is InChI=1S/C12H25NO/c1-4-10-5-6-11(7-10)12(13)8-14-9(2)3/h9-12H,4-8,13H2,1-3H3. The second kappa shape index (κ2) is 5.72. The van der Waals surface area contributed by atoms with E-state index in [0.717, 1.165) is 12.5 Å². The van der Waals surface area contributed by atoms with Crippen molar-refractivity contribution in [1.82, 2.24) is 0 Å². The van der Waals surface area contributed by atoms with Crippen LogP contribution in [0.15, 0.2) is 0 Å². The van der Waals surface area contributed by atoms with Gasteiger partial charge in [-0.3, -0.25) is 0 Å². The van der Waals surface area contributed by atoms with E-state index in [2.05, 4.69) is 20.8 Å². The summed E-state index contributed by atoms with van der Waals surface area (Å²) in [6.07, 6.45) is 5.62. The lowest BCUT2D eigenvalue weighted by molar-refractivity contribution is 0.0573. The first-order valence-electron chi connectivity index (χ1n) is 6.00. The normalized spacial score (nSPS) is 29.8. The largest absolute Gasteiger partial charge is 0.377 e. The maximum Gasteiger partial charge on any atom is 0.0623 e. The Morgan fingerprint density at radius 3 is 2.57 bits per heavy atom. The summed E-state index contributed by atoms with van der Waals surface area (Å²) in [6, 6.07) is 0.258. The zero-order valence-corrected chi connectivity index (χ0v) is 9.83. The highest BCUT2D eigenvalue weighted by Crippen LogP contribution is 2.34. The van der Waals surface area contributed by atoms with Crippen LogP contribution in [0.5, 0.6) is 0 Å². The first-order chi connectivity index (χ1) is 6.63. The van der Waals surface area contributed by atoms with E-state index in [1.165, 1.54) is 25.7 Å². The molecule has 1 saturated carbocycles. The highest BCUT2D eigenvalue weighted by molar-refractivity contribution is 4.82. The van der Waals surface area contributed by atoms with Crippen molar-refractivity contribution in [3.05, 3.63) is 0 Å². The van der Waals surface area contributed by atoms with Crippen LogP contribution in [-0.2, 0) is 4.74 Å². The van der Waals surface area contributed by atoms with Gasteiger partial charge in [0.05, 0.1) is 12.7 Å². The Morgan fingerprint density at radius 1 is 1.36 bits per heavy atom. The van der Waals surface area contributed by atoms with E-state index < -0.39 is 0 Å². The highest BCUT2D eigenvalue weighted by atomic mass is 16.5. The van der Waals surface area contributed by atoms with Gasteiger partial charge in [-0.2, -0.15) is 0 Å². The molecule has 1 aliphatic carbocycles. The molecule has 14 heavy (non-hydrogen) atoms. The molecule has 1 fully saturated rings. The molecule has 2 nitrogen and oxygen atoms in total. The molecule has 0 aromatic rings. The molecule has 0 aromatic heterocycles. The summed E-state index contributed by atoms with van der Waals surface area (Å²) < 4.78 is 5.56. The van der Waals surface area contributed by atoms with E-state index in [9.17, 15) is 0 Å². The van der Waals surface area contributed by atoms with Gasteiger partial charge in [-0.05, 0) is 38.5 Å². The zero-order valence-electron chi connectivity index (χ0n) is 9.83. The number of hydrogen-bond acceptors (Lipinski definition) is 2. The van der Waals surface area contributed by atoms with E-state index in [0.29, 0.717) is 12.0 Å². The Bertz CT molecular complexity index is 158. The number of rotatable bonds is 5. The molecule has 84 valence electrons. The summed E-state index contributed by atoms with van der Waals surface area (Å²) >= 11 is 0. The topological polar surface area (TPSA) is 35.2 Å².